The van der Waals surface area contributed by atoms with Gasteiger partial charge in [0.15, 0.2) is 0 Å². The molecule has 1 aromatic heterocycles. The zero-order valence-electron chi connectivity index (χ0n) is 21.7. The van der Waals surface area contributed by atoms with Crippen molar-refractivity contribution in [3.63, 3.8) is 0 Å². The molecule has 4 aromatic rings. The number of nitro groups is 1. The normalized spacial score (nSPS) is 14.3. The van der Waals surface area contributed by atoms with Crippen LogP contribution in [-0.4, -0.2) is 25.5 Å². The summed E-state index contributed by atoms with van der Waals surface area (Å²) >= 11 is 0.850. The third-order valence-electron chi connectivity index (χ3n) is 6.51. The molecule has 2 heterocycles. The molecule has 10 heteroatoms. The number of amides is 2. The van der Waals surface area contributed by atoms with Crippen molar-refractivity contribution >= 4 is 34.7 Å². The minimum absolute atomic E-state index is 0.0434. The van der Waals surface area contributed by atoms with Crippen LogP contribution in [0.5, 0.6) is 5.75 Å². The summed E-state index contributed by atoms with van der Waals surface area (Å²) < 4.78 is 21.0. The first-order chi connectivity index (χ1) is 19.2. The minimum Gasteiger partial charge on any atom is -0.489 e. The number of benzene rings is 3. The molecule has 5 rings (SSSR count). The van der Waals surface area contributed by atoms with Gasteiger partial charge in [-0.2, -0.15) is 0 Å². The van der Waals surface area contributed by atoms with Gasteiger partial charge >= 0.3 is 0 Å². The summed E-state index contributed by atoms with van der Waals surface area (Å²) in [5, 5.41) is 10.6. The highest BCUT2D eigenvalue weighted by molar-refractivity contribution is 8.18. The van der Waals surface area contributed by atoms with Crippen molar-refractivity contribution in [1.82, 2.24) is 9.47 Å². The van der Waals surface area contributed by atoms with E-state index in [0.717, 1.165) is 44.9 Å². The largest absolute Gasteiger partial charge is 0.489 e. The Morgan fingerprint density at radius 1 is 0.975 bits per heavy atom. The number of rotatable bonds is 8. The van der Waals surface area contributed by atoms with Gasteiger partial charge < -0.3 is 9.30 Å². The number of hydrogen-bond donors (Lipinski definition) is 0. The number of carbonyl (C=O) groups is 2. The number of nitro benzene ring substituents is 1. The van der Waals surface area contributed by atoms with Crippen LogP contribution < -0.4 is 4.74 Å². The molecule has 0 N–H and O–H groups in total. The van der Waals surface area contributed by atoms with Gasteiger partial charge in [-0.25, -0.2) is 4.39 Å². The average molecular weight is 558 g/mol. The Kier molecular flexibility index (Phi) is 7.52. The number of nitrogens with zero attached hydrogens (tertiary/aromatic N) is 3. The van der Waals surface area contributed by atoms with Crippen LogP contribution in [0.4, 0.5) is 14.9 Å². The molecule has 0 atom stereocenters. The summed E-state index contributed by atoms with van der Waals surface area (Å²) in [4.78, 5) is 37.7. The lowest BCUT2D eigenvalue weighted by atomic mass is 10.2. The first-order valence-electron chi connectivity index (χ1n) is 12.3. The van der Waals surface area contributed by atoms with Crippen molar-refractivity contribution in [3.8, 4) is 11.4 Å². The molecule has 2 amide bonds. The maximum Gasteiger partial charge on any atom is 0.293 e. The van der Waals surface area contributed by atoms with Gasteiger partial charge in [0.25, 0.3) is 16.8 Å². The quantitative estimate of drug-likeness (QED) is 0.132. The molecular formula is C30H24FN3O5S. The lowest BCUT2D eigenvalue weighted by Gasteiger charge is -2.12. The van der Waals surface area contributed by atoms with Crippen LogP contribution in [-0.2, 0) is 17.9 Å². The van der Waals surface area contributed by atoms with E-state index in [-0.39, 0.29) is 18.0 Å². The molecule has 0 unspecified atom stereocenters. The van der Waals surface area contributed by atoms with Gasteiger partial charge in [0.05, 0.1) is 16.4 Å². The van der Waals surface area contributed by atoms with Crippen LogP contribution in [0.2, 0.25) is 0 Å². The van der Waals surface area contributed by atoms with E-state index >= 15 is 0 Å². The molecule has 0 bridgehead atoms. The fourth-order valence-corrected chi connectivity index (χ4v) is 5.33. The van der Waals surface area contributed by atoms with Gasteiger partial charge in [0.1, 0.15) is 18.2 Å². The smallest absolute Gasteiger partial charge is 0.293 e. The number of aryl methyl sites for hydroxylation is 1. The summed E-state index contributed by atoms with van der Waals surface area (Å²) in [6, 6.07) is 21.6. The third-order valence-corrected chi connectivity index (χ3v) is 7.41. The standard InChI is InChI=1S/C30H24FN3O5S/c1-19-14-23(16-28-29(35)32(30(36)40-28)17-22-4-3-5-26(15-22)34(37)38)20(2)33(19)25-10-12-27(13-11-25)39-18-21-6-8-24(31)9-7-21/h3-16H,17-18H2,1-2H3/b28-16+. The van der Waals surface area contributed by atoms with E-state index in [9.17, 15) is 24.1 Å². The number of imide groups is 1. The molecule has 0 radical (unpaired) electrons. The van der Waals surface area contributed by atoms with E-state index in [1.807, 2.05) is 48.7 Å². The molecule has 1 saturated heterocycles. The Morgan fingerprint density at radius 3 is 2.40 bits per heavy atom. The number of aromatic nitrogens is 1. The number of non-ortho nitro benzene ring substituents is 1. The Balaban J connectivity index is 1.31. The highest BCUT2D eigenvalue weighted by Gasteiger charge is 2.35. The summed E-state index contributed by atoms with van der Waals surface area (Å²) in [5.41, 5.74) is 4.81. The molecular weight excluding hydrogens is 533 g/mol. The second-order valence-corrected chi connectivity index (χ2v) is 10.3. The third kappa shape index (κ3) is 5.67. The fraction of sp³-hybridized carbons (Fsp3) is 0.133. The van der Waals surface area contributed by atoms with Gasteiger partial charge in [-0.05, 0) is 90.8 Å². The number of thioether (sulfide) groups is 1. The lowest BCUT2D eigenvalue weighted by Crippen LogP contribution is -2.27. The molecule has 8 nitrogen and oxygen atoms in total. The molecule has 1 fully saturated rings. The van der Waals surface area contributed by atoms with Crippen LogP contribution in [0.1, 0.15) is 28.1 Å². The van der Waals surface area contributed by atoms with Crippen molar-refractivity contribution in [2.45, 2.75) is 27.0 Å². The maximum absolute atomic E-state index is 13.1. The van der Waals surface area contributed by atoms with E-state index in [2.05, 4.69) is 0 Å². The van der Waals surface area contributed by atoms with Crippen LogP contribution in [0.25, 0.3) is 11.8 Å². The molecule has 0 aliphatic carbocycles. The number of ether oxygens (including phenoxy) is 1. The summed E-state index contributed by atoms with van der Waals surface area (Å²) in [7, 11) is 0. The molecule has 40 heavy (non-hydrogen) atoms. The Hall–Kier alpha value is -4.70. The summed E-state index contributed by atoms with van der Waals surface area (Å²) in [6.07, 6.45) is 1.71. The number of carbonyl (C=O) groups excluding carboxylic acids is 2. The Morgan fingerprint density at radius 2 is 1.70 bits per heavy atom. The molecule has 0 spiro atoms. The number of hydrogen-bond acceptors (Lipinski definition) is 6. The SMILES string of the molecule is Cc1cc(/C=C2/SC(=O)N(Cc3cccc([N+](=O)[O-])c3)C2=O)c(C)n1-c1ccc(OCc2ccc(F)cc2)cc1. The second kappa shape index (κ2) is 11.2. The van der Waals surface area contributed by atoms with Gasteiger partial charge in [-0.1, -0.05) is 24.3 Å². The second-order valence-electron chi connectivity index (χ2n) is 9.27. The minimum atomic E-state index is -0.512. The lowest BCUT2D eigenvalue weighted by molar-refractivity contribution is -0.384. The predicted molar refractivity (Wildman–Crippen MR) is 151 cm³/mol. The zero-order valence-corrected chi connectivity index (χ0v) is 22.5. The van der Waals surface area contributed by atoms with Crippen LogP contribution in [0.3, 0.4) is 0 Å². The average Bonchev–Trinajstić information content (AvgIpc) is 3.37. The topological polar surface area (TPSA) is 94.7 Å². The van der Waals surface area contributed by atoms with E-state index in [1.54, 1.807) is 24.3 Å². The van der Waals surface area contributed by atoms with Gasteiger partial charge in [-0.15, -0.1) is 0 Å². The van der Waals surface area contributed by atoms with Crippen LogP contribution >= 0.6 is 11.8 Å². The molecule has 202 valence electrons. The molecule has 3 aromatic carbocycles. The van der Waals surface area contributed by atoms with Gasteiger partial charge in [0.2, 0.25) is 0 Å². The number of halogens is 1. The highest BCUT2D eigenvalue weighted by atomic mass is 32.2. The molecule has 0 saturated carbocycles. The zero-order chi connectivity index (χ0) is 28.4. The highest BCUT2D eigenvalue weighted by Crippen LogP contribution is 2.35. The van der Waals surface area contributed by atoms with Crippen molar-refractivity contribution in [1.29, 1.82) is 0 Å². The predicted octanol–water partition coefficient (Wildman–Crippen LogP) is 6.96. The van der Waals surface area contributed by atoms with E-state index in [4.69, 9.17) is 4.74 Å². The summed E-state index contributed by atoms with van der Waals surface area (Å²) in [5.74, 6) is -0.0528. The van der Waals surface area contributed by atoms with Gasteiger partial charge in [-0.3, -0.25) is 24.6 Å². The monoisotopic (exact) mass is 557 g/mol. The van der Waals surface area contributed by atoms with E-state index < -0.39 is 16.1 Å². The van der Waals surface area contributed by atoms with E-state index in [0.29, 0.717) is 22.8 Å². The van der Waals surface area contributed by atoms with Crippen molar-refractivity contribution in [2.24, 2.45) is 0 Å². The van der Waals surface area contributed by atoms with Crippen LogP contribution in [0, 0.1) is 29.8 Å². The molecule has 1 aliphatic rings. The Bertz CT molecular complexity index is 1650. The van der Waals surface area contributed by atoms with Crippen molar-refractivity contribution < 1.29 is 23.6 Å². The maximum atomic E-state index is 13.1. The van der Waals surface area contributed by atoms with Crippen molar-refractivity contribution in [2.75, 3.05) is 0 Å². The first kappa shape index (κ1) is 26.9. The molecule has 1 aliphatic heterocycles. The Labute approximate surface area is 233 Å². The first-order valence-corrected chi connectivity index (χ1v) is 13.2. The fourth-order valence-electron chi connectivity index (χ4n) is 4.50. The summed E-state index contributed by atoms with van der Waals surface area (Å²) in [6.45, 7) is 4.17. The van der Waals surface area contributed by atoms with Crippen molar-refractivity contribution in [3.05, 3.63) is 128 Å². The van der Waals surface area contributed by atoms with Gasteiger partial charge in [0, 0.05) is 29.2 Å². The van der Waals surface area contributed by atoms with Crippen LogP contribution in [0.15, 0.2) is 83.8 Å². The van der Waals surface area contributed by atoms with E-state index in [1.165, 1.54) is 30.3 Å².